The fourth-order valence-corrected chi connectivity index (χ4v) is 2.28. The smallest absolute Gasteiger partial charge is 0.147 e. The molecule has 4 nitrogen and oxygen atoms in total. The van der Waals surface area contributed by atoms with E-state index in [9.17, 15) is 8.78 Å². The van der Waals surface area contributed by atoms with Crippen molar-refractivity contribution < 1.29 is 13.5 Å². The maximum atomic E-state index is 13.9. The van der Waals surface area contributed by atoms with E-state index in [1.807, 2.05) is 25.1 Å². The zero-order valence-electron chi connectivity index (χ0n) is 12.9. The summed E-state index contributed by atoms with van der Waals surface area (Å²) in [5, 5.41) is 3.27. The molecule has 1 unspecified atom stereocenters. The molecule has 0 spiro atoms. The highest BCUT2D eigenvalue weighted by Gasteiger charge is 2.30. The van der Waals surface area contributed by atoms with E-state index in [0.717, 1.165) is 0 Å². The van der Waals surface area contributed by atoms with Gasteiger partial charge in [-0.25, -0.2) is 18.8 Å². The maximum Gasteiger partial charge on any atom is 0.147 e. The van der Waals surface area contributed by atoms with Gasteiger partial charge in [0.15, 0.2) is 0 Å². The van der Waals surface area contributed by atoms with Crippen molar-refractivity contribution in [3.8, 4) is 0 Å². The molecule has 0 saturated heterocycles. The van der Waals surface area contributed by atoms with Crippen LogP contribution < -0.4 is 5.01 Å². The van der Waals surface area contributed by atoms with E-state index in [1.165, 1.54) is 0 Å². The Morgan fingerprint density at radius 2 is 1.95 bits per heavy atom. The minimum Gasteiger partial charge on any atom is -0.372 e. The first-order valence-electron chi connectivity index (χ1n) is 6.88. The van der Waals surface area contributed by atoms with Gasteiger partial charge in [0, 0.05) is 27.6 Å². The maximum absolute atomic E-state index is 13.9. The molecule has 0 amide bonds. The Balaban J connectivity index is 2.50. The minimum atomic E-state index is -0.753. The zero-order chi connectivity index (χ0) is 15.6. The Bertz CT molecular complexity index is 549. The van der Waals surface area contributed by atoms with Gasteiger partial charge in [0.1, 0.15) is 23.1 Å². The van der Waals surface area contributed by atoms with Crippen LogP contribution in [0.1, 0.15) is 25.5 Å². The molecule has 1 aliphatic rings. The number of ether oxygens (including phenoxy) is 1. The van der Waals surface area contributed by atoms with Gasteiger partial charge in [-0.3, -0.25) is 5.01 Å². The van der Waals surface area contributed by atoms with Gasteiger partial charge < -0.3 is 4.74 Å². The quantitative estimate of drug-likeness (QED) is 0.796. The van der Waals surface area contributed by atoms with Crippen molar-refractivity contribution in [3.63, 3.8) is 0 Å². The summed E-state index contributed by atoms with van der Waals surface area (Å²) >= 11 is 0. The first-order valence-corrected chi connectivity index (χ1v) is 6.88. The van der Waals surface area contributed by atoms with Crippen molar-refractivity contribution in [1.29, 1.82) is 0 Å². The van der Waals surface area contributed by atoms with E-state index in [2.05, 4.69) is 4.98 Å². The van der Waals surface area contributed by atoms with Gasteiger partial charge in [-0.2, -0.15) is 0 Å². The Morgan fingerprint density at radius 1 is 1.24 bits per heavy atom. The number of hydrogen-bond donors (Lipinski definition) is 0. The van der Waals surface area contributed by atoms with E-state index < -0.39 is 17.3 Å². The molecule has 2 rings (SSSR count). The Morgan fingerprint density at radius 3 is 2.62 bits per heavy atom. The number of halogens is 2. The molecule has 6 heteroatoms. The number of nitrogens with zero attached hydrogens (tertiary/aromatic N) is 3. The molecular weight excluding hydrogens is 276 g/mol. The van der Waals surface area contributed by atoms with Crippen LogP contribution in [0.15, 0.2) is 29.9 Å². The number of methoxy groups -OCH3 is 1. The molecule has 2 bridgehead atoms. The highest BCUT2D eigenvalue weighted by atomic mass is 19.2. The molecule has 1 aromatic rings. The first-order chi connectivity index (χ1) is 9.87. The fraction of sp³-hybridized carbons (Fsp3) is 0.533. The average molecular weight is 297 g/mol. The molecule has 0 fully saturated rings. The Kier molecular flexibility index (Phi) is 4.58. The van der Waals surface area contributed by atoms with E-state index >= 15 is 0 Å². The molecule has 2 heterocycles. The SMILES string of the molecule is COC1(C)CC/C(F)=C(/F)CN(C)N(C)c2cccc1n2. The normalized spacial score (nSPS) is 28.4. The van der Waals surface area contributed by atoms with Crippen LogP contribution in [-0.4, -0.2) is 37.7 Å². The number of aromatic nitrogens is 1. The molecule has 116 valence electrons. The van der Waals surface area contributed by atoms with E-state index in [-0.39, 0.29) is 13.0 Å². The Hall–Kier alpha value is -1.53. The van der Waals surface area contributed by atoms with Crippen molar-refractivity contribution in [2.75, 3.05) is 32.8 Å². The highest BCUT2D eigenvalue weighted by molar-refractivity contribution is 5.38. The number of likely N-dealkylation sites (N-methyl/N-ethyl adjacent to an activating group) is 1. The predicted octanol–water partition coefficient (Wildman–Crippen LogP) is 3.17. The lowest BCUT2D eigenvalue weighted by molar-refractivity contribution is -0.00989. The molecule has 0 N–H and O–H groups in total. The van der Waals surface area contributed by atoms with Crippen molar-refractivity contribution in [2.24, 2.45) is 0 Å². The summed E-state index contributed by atoms with van der Waals surface area (Å²) in [6.07, 6.45) is 0.312. The van der Waals surface area contributed by atoms with Crippen molar-refractivity contribution >= 4 is 5.82 Å². The molecule has 21 heavy (non-hydrogen) atoms. The second kappa shape index (κ2) is 6.07. The topological polar surface area (TPSA) is 28.6 Å². The lowest BCUT2D eigenvalue weighted by Gasteiger charge is -2.30. The van der Waals surface area contributed by atoms with Crippen molar-refractivity contribution in [2.45, 2.75) is 25.4 Å². The third-order valence-corrected chi connectivity index (χ3v) is 4.05. The molecule has 0 aromatic carbocycles. The third-order valence-electron chi connectivity index (χ3n) is 4.05. The van der Waals surface area contributed by atoms with Gasteiger partial charge in [0.05, 0.1) is 12.2 Å². The average Bonchev–Trinajstić information content (AvgIpc) is 2.51. The van der Waals surface area contributed by atoms with Gasteiger partial charge >= 0.3 is 0 Å². The van der Waals surface area contributed by atoms with Crippen LogP contribution in [0.2, 0.25) is 0 Å². The number of hydrazine groups is 1. The lowest BCUT2D eigenvalue weighted by atomic mass is 9.94. The van der Waals surface area contributed by atoms with Crippen LogP contribution in [0.5, 0.6) is 0 Å². The standard InChI is InChI=1S/C15H21F2N3O/c1-15(21-4)9-8-11(16)12(17)10-19(2)20(3)14-7-5-6-13(15)18-14/h5-7H,8-10H2,1-4H3/b12-11-. The van der Waals surface area contributed by atoms with Crippen LogP contribution >= 0.6 is 0 Å². The van der Waals surface area contributed by atoms with Gasteiger partial charge in [-0.15, -0.1) is 0 Å². The first kappa shape index (κ1) is 15.9. The van der Waals surface area contributed by atoms with E-state index in [1.54, 1.807) is 31.2 Å². The van der Waals surface area contributed by atoms with Crippen LogP contribution in [0, 0.1) is 0 Å². The monoisotopic (exact) mass is 297 g/mol. The molecule has 0 aliphatic carbocycles. The van der Waals surface area contributed by atoms with Gasteiger partial charge in [-0.1, -0.05) is 6.07 Å². The highest BCUT2D eigenvalue weighted by Crippen LogP contribution is 2.33. The largest absolute Gasteiger partial charge is 0.372 e. The van der Waals surface area contributed by atoms with Crippen LogP contribution in [0.4, 0.5) is 14.6 Å². The summed E-state index contributed by atoms with van der Waals surface area (Å²) in [4.78, 5) is 4.58. The molecule has 0 radical (unpaired) electrons. The summed E-state index contributed by atoms with van der Waals surface area (Å²) in [6.45, 7) is 1.71. The fourth-order valence-electron chi connectivity index (χ4n) is 2.28. The molecule has 0 saturated carbocycles. The Labute approximate surface area is 124 Å². The minimum absolute atomic E-state index is 0.0143. The lowest BCUT2D eigenvalue weighted by Crippen LogP contribution is -2.38. The summed E-state index contributed by atoms with van der Waals surface area (Å²) in [6, 6.07) is 5.54. The summed E-state index contributed by atoms with van der Waals surface area (Å²) in [5.41, 5.74) is -0.0462. The third kappa shape index (κ3) is 3.22. The van der Waals surface area contributed by atoms with Crippen molar-refractivity contribution in [3.05, 3.63) is 35.5 Å². The molecular formula is C15H21F2N3O. The number of hydrogen-bond acceptors (Lipinski definition) is 4. The van der Waals surface area contributed by atoms with Gasteiger partial charge in [-0.05, 0) is 25.5 Å². The van der Waals surface area contributed by atoms with Gasteiger partial charge in [0.25, 0.3) is 0 Å². The number of pyridine rings is 1. The number of fused-ring (bicyclic) bond motifs is 2. The molecule has 1 aliphatic heterocycles. The number of rotatable bonds is 1. The number of anilines is 1. The predicted molar refractivity (Wildman–Crippen MR) is 78.1 cm³/mol. The number of allylic oxidation sites excluding steroid dienone is 1. The summed E-state index contributed by atoms with van der Waals surface area (Å²) < 4.78 is 33.4. The van der Waals surface area contributed by atoms with Gasteiger partial charge in [0.2, 0.25) is 0 Å². The van der Waals surface area contributed by atoms with Crippen LogP contribution in [0.3, 0.4) is 0 Å². The second-order valence-corrected chi connectivity index (χ2v) is 5.47. The summed E-state index contributed by atoms with van der Waals surface area (Å²) in [7, 11) is 5.01. The van der Waals surface area contributed by atoms with E-state index in [0.29, 0.717) is 17.9 Å². The van der Waals surface area contributed by atoms with Crippen LogP contribution in [0.25, 0.3) is 0 Å². The van der Waals surface area contributed by atoms with Crippen molar-refractivity contribution in [1.82, 2.24) is 9.99 Å². The molecule has 1 atom stereocenters. The second-order valence-electron chi connectivity index (χ2n) is 5.47. The molecule has 1 aromatic heterocycles. The zero-order valence-corrected chi connectivity index (χ0v) is 12.9. The van der Waals surface area contributed by atoms with E-state index in [4.69, 9.17) is 4.74 Å². The summed E-state index contributed by atoms with van der Waals surface area (Å²) in [5.74, 6) is -0.820. The van der Waals surface area contributed by atoms with Crippen LogP contribution in [-0.2, 0) is 10.3 Å².